The third-order valence-corrected chi connectivity index (χ3v) is 3.08. The third-order valence-electron chi connectivity index (χ3n) is 3.08. The van der Waals surface area contributed by atoms with Gasteiger partial charge in [0.25, 0.3) is 0 Å². The van der Waals surface area contributed by atoms with Crippen LogP contribution < -0.4 is 4.74 Å². The fourth-order valence-electron chi connectivity index (χ4n) is 2.05. The molecule has 1 aromatic carbocycles. The van der Waals surface area contributed by atoms with Gasteiger partial charge in [-0.15, -0.1) is 0 Å². The van der Waals surface area contributed by atoms with Crippen LogP contribution >= 0.6 is 0 Å². The van der Waals surface area contributed by atoms with Gasteiger partial charge < -0.3 is 14.4 Å². The van der Waals surface area contributed by atoms with Crippen LogP contribution in [0.2, 0.25) is 0 Å². The minimum atomic E-state index is -0.971. The lowest BCUT2D eigenvalue weighted by atomic mass is 10.1. The van der Waals surface area contributed by atoms with E-state index >= 15 is 0 Å². The van der Waals surface area contributed by atoms with Crippen LogP contribution in [0.1, 0.15) is 11.3 Å². The molecule has 1 aromatic heterocycles. The van der Waals surface area contributed by atoms with Gasteiger partial charge in [-0.2, -0.15) is 0 Å². The first kappa shape index (κ1) is 12.2. The largest absolute Gasteiger partial charge is 0.496 e. The molecule has 0 amide bonds. The van der Waals surface area contributed by atoms with Crippen LogP contribution in [-0.4, -0.2) is 22.8 Å². The first-order valence-electron chi connectivity index (χ1n) is 5.58. The minimum absolute atomic E-state index is 0.672. The number of nitrogens with zero attached hydrogens (tertiary/aromatic N) is 1. The summed E-state index contributed by atoms with van der Waals surface area (Å²) in [6.07, 6.45) is 2.70. The number of fused-ring (bicyclic) bond motifs is 1. The predicted octanol–water partition coefficient (Wildman–Crippen LogP) is 2.59. The first-order valence-corrected chi connectivity index (χ1v) is 5.58. The van der Waals surface area contributed by atoms with E-state index in [4.69, 9.17) is 9.84 Å². The van der Waals surface area contributed by atoms with Crippen molar-refractivity contribution < 1.29 is 14.6 Å². The Hall–Kier alpha value is -2.23. The van der Waals surface area contributed by atoms with Crippen LogP contribution in [0.4, 0.5) is 0 Å². The number of aromatic nitrogens is 1. The molecule has 0 aliphatic rings. The van der Waals surface area contributed by atoms with E-state index in [1.165, 1.54) is 0 Å². The number of hydrogen-bond acceptors (Lipinski definition) is 2. The molecule has 0 unspecified atom stereocenters. The number of hydrogen-bond donors (Lipinski definition) is 1. The SMILES string of the molecule is COc1ccc2c(cc(C)n2C)c1/C=C/C(=O)O. The van der Waals surface area contributed by atoms with Crippen molar-refractivity contribution in [1.29, 1.82) is 0 Å². The van der Waals surface area contributed by atoms with Gasteiger partial charge in [-0.05, 0) is 31.2 Å². The lowest BCUT2D eigenvalue weighted by molar-refractivity contribution is -0.131. The lowest BCUT2D eigenvalue weighted by Gasteiger charge is -2.07. The number of carboxylic acid groups (broad SMARTS) is 1. The van der Waals surface area contributed by atoms with Crippen LogP contribution in [-0.2, 0) is 11.8 Å². The first-order chi connectivity index (χ1) is 8.54. The van der Waals surface area contributed by atoms with E-state index in [1.54, 1.807) is 13.2 Å². The van der Waals surface area contributed by atoms with Gasteiger partial charge in [-0.3, -0.25) is 0 Å². The van der Waals surface area contributed by atoms with Crippen molar-refractivity contribution in [3.05, 3.63) is 35.5 Å². The molecule has 0 aliphatic carbocycles. The molecule has 0 aliphatic heterocycles. The number of carbonyl (C=O) groups is 1. The molecule has 18 heavy (non-hydrogen) atoms. The highest BCUT2D eigenvalue weighted by molar-refractivity contribution is 5.96. The van der Waals surface area contributed by atoms with Crippen molar-refractivity contribution >= 4 is 22.9 Å². The van der Waals surface area contributed by atoms with Gasteiger partial charge in [-0.25, -0.2) is 4.79 Å². The molecule has 0 radical (unpaired) electrons. The Morgan fingerprint density at radius 2 is 2.17 bits per heavy atom. The van der Waals surface area contributed by atoms with E-state index in [9.17, 15) is 4.79 Å². The summed E-state index contributed by atoms with van der Waals surface area (Å²) < 4.78 is 7.34. The average molecular weight is 245 g/mol. The third kappa shape index (κ3) is 1.97. The van der Waals surface area contributed by atoms with Crippen LogP contribution in [0.25, 0.3) is 17.0 Å². The highest BCUT2D eigenvalue weighted by Gasteiger charge is 2.10. The Morgan fingerprint density at radius 1 is 1.44 bits per heavy atom. The average Bonchev–Trinajstić information content (AvgIpc) is 2.62. The number of ether oxygens (including phenoxy) is 1. The zero-order chi connectivity index (χ0) is 13.3. The second-order valence-corrected chi connectivity index (χ2v) is 4.13. The Morgan fingerprint density at radius 3 is 2.78 bits per heavy atom. The van der Waals surface area contributed by atoms with Crippen LogP contribution in [0.5, 0.6) is 5.75 Å². The van der Waals surface area contributed by atoms with Crippen molar-refractivity contribution in [3.8, 4) is 5.75 Å². The summed E-state index contributed by atoms with van der Waals surface area (Å²) in [4.78, 5) is 10.6. The molecule has 94 valence electrons. The van der Waals surface area contributed by atoms with Gasteiger partial charge in [-0.1, -0.05) is 0 Å². The zero-order valence-corrected chi connectivity index (χ0v) is 10.6. The maximum atomic E-state index is 10.6. The topological polar surface area (TPSA) is 51.5 Å². The molecule has 2 aromatic rings. The normalized spacial score (nSPS) is 11.3. The number of carboxylic acids is 1. The number of aryl methyl sites for hydroxylation is 2. The zero-order valence-electron chi connectivity index (χ0n) is 10.6. The smallest absolute Gasteiger partial charge is 0.328 e. The lowest BCUT2D eigenvalue weighted by Crippen LogP contribution is -1.92. The number of methoxy groups -OCH3 is 1. The van der Waals surface area contributed by atoms with Crippen LogP contribution in [0.3, 0.4) is 0 Å². The predicted molar refractivity (Wildman–Crippen MR) is 70.9 cm³/mol. The van der Waals surface area contributed by atoms with Crippen molar-refractivity contribution in [2.24, 2.45) is 7.05 Å². The molecule has 0 fully saturated rings. The van der Waals surface area contributed by atoms with E-state index in [2.05, 4.69) is 4.57 Å². The van der Waals surface area contributed by atoms with Crippen molar-refractivity contribution in [3.63, 3.8) is 0 Å². The number of benzene rings is 1. The molecule has 2 rings (SSSR count). The standard InChI is InChI=1S/C14H15NO3/c1-9-8-11-10(4-7-14(16)17)13(18-3)6-5-12(11)15(9)2/h4-8H,1-3H3,(H,16,17)/b7-4+. The molecule has 0 atom stereocenters. The Kier molecular flexibility index (Phi) is 3.10. The molecular formula is C14H15NO3. The van der Waals surface area contributed by atoms with Gasteiger partial charge in [0.2, 0.25) is 0 Å². The van der Waals surface area contributed by atoms with Crippen LogP contribution in [0, 0.1) is 6.92 Å². The monoisotopic (exact) mass is 245 g/mol. The Labute approximate surface area is 105 Å². The molecule has 4 heteroatoms. The van der Waals surface area contributed by atoms with E-state index in [-0.39, 0.29) is 0 Å². The summed E-state index contributed by atoms with van der Waals surface area (Å²) in [6.45, 7) is 2.01. The molecule has 4 nitrogen and oxygen atoms in total. The maximum Gasteiger partial charge on any atom is 0.328 e. The van der Waals surface area contributed by atoms with Gasteiger partial charge >= 0.3 is 5.97 Å². The van der Waals surface area contributed by atoms with E-state index in [1.807, 2.05) is 32.2 Å². The number of rotatable bonds is 3. The summed E-state index contributed by atoms with van der Waals surface area (Å²) >= 11 is 0. The second-order valence-electron chi connectivity index (χ2n) is 4.13. The Balaban J connectivity index is 2.73. The molecule has 0 saturated heterocycles. The van der Waals surface area contributed by atoms with E-state index < -0.39 is 5.97 Å². The molecule has 1 N–H and O–H groups in total. The number of aliphatic carboxylic acids is 1. The summed E-state index contributed by atoms with van der Waals surface area (Å²) in [7, 11) is 3.56. The van der Waals surface area contributed by atoms with Crippen LogP contribution in [0.15, 0.2) is 24.3 Å². The minimum Gasteiger partial charge on any atom is -0.496 e. The maximum absolute atomic E-state index is 10.6. The summed E-state index contributed by atoms with van der Waals surface area (Å²) in [5.41, 5.74) is 2.96. The highest BCUT2D eigenvalue weighted by Crippen LogP contribution is 2.31. The Bertz CT molecular complexity index is 638. The summed E-state index contributed by atoms with van der Waals surface area (Å²) in [6, 6.07) is 5.85. The molecule has 1 heterocycles. The van der Waals surface area contributed by atoms with Gasteiger partial charge in [0.15, 0.2) is 0 Å². The molecule has 0 spiro atoms. The molecular weight excluding hydrogens is 230 g/mol. The van der Waals surface area contributed by atoms with E-state index in [0.717, 1.165) is 28.2 Å². The van der Waals surface area contributed by atoms with Gasteiger partial charge in [0, 0.05) is 35.3 Å². The van der Waals surface area contributed by atoms with E-state index in [0.29, 0.717) is 5.75 Å². The fourth-order valence-corrected chi connectivity index (χ4v) is 2.05. The van der Waals surface area contributed by atoms with Crippen molar-refractivity contribution in [2.75, 3.05) is 7.11 Å². The second kappa shape index (κ2) is 4.56. The summed E-state index contributed by atoms with van der Waals surface area (Å²) in [5.74, 6) is -0.299. The van der Waals surface area contributed by atoms with Gasteiger partial charge in [0.1, 0.15) is 5.75 Å². The fraction of sp³-hybridized carbons (Fsp3) is 0.214. The van der Waals surface area contributed by atoms with Crippen molar-refractivity contribution in [1.82, 2.24) is 4.57 Å². The summed E-state index contributed by atoms with van der Waals surface area (Å²) in [5, 5.41) is 9.73. The van der Waals surface area contributed by atoms with Crippen molar-refractivity contribution in [2.45, 2.75) is 6.92 Å². The molecule has 0 bridgehead atoms. The quantitative estimate of drug-likeness (QED) is 0.845. The highest BCUT2D eigenvalue weighted by atomic mass is 16.5. The van der Waals surface area contributed by atoms with Gasteiger partial charge in [0.05, 0.1) is 7.11 Å². The molecule has 0 saturated carbocycles.